The predicted molar refractivity (Wildman–Crippen MR) is 86.8 cm³/mol. The summed E-state index contributed by atoms with van der Waals surface area (Å²) in [6.45, 7) is 8.10. The van der Waals surface area contributed by atoms with E-state index in [2.05, 4.69) is 61.1 Å². The highest BCUT2D eigenvalue weighted by atomic mass is 32.1. The lowest BCUT2D eigenvalue weighted by molar-refractivity contribution is 0.315. The molecule has 108 valence electrons. The monoisotopic (exact) mass is 289 g/mol. The van der Waals surface area contributed by atoms with E-state index < -0.39 is 0 Å². The molecule has 0 amide bonds. The molecule has 0 aliphatic carbocycles. The summed E-state index contributed by atoms with van der Waals surface area (Å²) in [6, 6.07) is 8.93. The molecule has 0 fully saturated rings. The van der Waals surface area contributed by atoms with E-state index in [9.17, 15) is 0 Å². The minimum absolute atomic E-state index is 0.316. The molecular formula is C17H23NOS. The van der Waals surface area contributed by atoms with Gasteiger partial charge in [0.15, 0.2) is 0 Å². The van der Waals surface area contributed by atoms with E-state index in [-0.39, 0.29) is 0 Å². The van der Waals surface area contributed by atoms with Crippen LogP contribution >= 0.6 is 11.3 Å². The molecule has 3 heteroatoms. The Labute approximate surface area is 125 Å². The fraction of sp³-hybridized carbons (Fsp3) is 0.412. The van der Waals surface area contributed by atoms with Gasteiger partial charge in [0.05, 0.1) is 6.61 Å². The second-order valence-corrected chi connectivity index (χ2v) is 5.83. The number of hydrogen-bond donors (Lipinski definition) is 1. The Morgan fingerprint density at radius 2 is 2.15 bits per heavy atom. The maximum atomic E-state index is 6.02. The molecule has 1 heterocycles. The molecule has 1 unspecified atom stereocenters. The first kappa shape index (κ1) is 15.1. The number of aryl methyl sites for hydroxylation is 1. The van der Waals surface area contributed by atoms with Crippen molar-refractivity contribution in [1.82, 2.24) is 5.32 Å². The molecular weight excluding hydrogens is 266 g/mol. The number of benzene rings is 1. The van der Waals surface area contributed by atoms with Gasteiger partial charge in [-0.1, -0.05) is 19.1 Å². The average molecular weight is 289 g/mol. The van der Waals surface area contributed by atoms with Gasteiger partial charge in [0.2, 0.25) is 0 Å². The molecule has 0 bridgehead atoms. The van der Waals surface area contributed by atoms with Crippen LogP contribution in [0.1, 0.15) is 36.6 Å². The van der Waals surface area contributed by atoms with Crippen molar-refractivity contribution in [3.05, 3.63) is 51.7 Å². The molecule has 1 aromatic carbocycles. The maximum Gasteiger partial charge on any atom is 0.124 e. The largest absolute Gasteiger partial charge is 0.493 e. The van der Waals surface area contributed by atoms with Crippen LogP contribution in [0.4, 0.5) is 0 Å². The summed E-state index contributed by atoms with van der Waals surface area (Å²) in [7, 11) is 0. The van der Waals surface area contributed by atoms with Gasteiger partial charge in [-0.2, -0.15) is 11.3 Å². The highest BCUT2D eigenvalue weighted by Crippen LogP contribution is 2.26. The van der Waals surface area contributed by atoms with Gasteiger partial charge in [0.1, 0.15) is 5.75 Å². The lowest BCUT2D eigenvalue weighted by Gasteiger charge is -2.18. The number of hydrogen-bond acceptors (Lipinski definition) is 3. The summed E-state index contributed by atoms with van der Waals surface area (Å²) in [5, 5.41) is 7.74. The summed E-state index contributed by atoms with van der Waals surface area (Å²) in [6.07, 6.45) is 0.965. The molecule has 20 heavy (non-hydrogen) atoms. The van der Waals surface area contributed by atoms with Gasteiger partial charge >= 0.3 is 0 Å². The smallest absolute Gasteiger partial charge is 0.124 e. The van der Waals surface area contributed by atoms with E-state index >= 15 is 0 Å². The maximum absolute atomic E-state index is 6.02. The predicted octanol–water partition coefficient (Wildman–Crippen LogP) is 4.35. The van der Waals surface area contributed by atoms with Crippen LogP contribution < -0.4 is 10.1 Å². The van der Waals surface area contributed by atoms with E-state index in [1.807, 2.05) is 0 Å². The second-order valence-electron chi connectivity index (χ2n) is 5.05. The van der Waals surface area contributed by atoms with Crippen molar-refractivity contribution in [1.29, 1.82) is 0 Å². The average Bonchev–Trinajstić information content (AvgIpc) is 2.92. The van der Waals surface area contributed by atoms with E-state index in [4.69, 9.17) is 4.74 Å². The normalized spacial score (nSPS) is 12.3. The van der Waals surface area contributed by atoms with Crippen LogP contribution in [-0.2, 0) is 6.42 Å². The molecule has 2 nitrogen and oxygen atoms in total. The van der Waals surface area contributed by atoms with Crippen molar-refractivity contribution >= 4 is 11.3 Å². The topological polar surface area (TPSA) is 21.3 Å². The van der Waals surface area contributed by atoms with Gasteiger partial charge in [0.25, 0.3) is 0 Å². The van der Waals surface area contributed by atoms with Gasteiger partial charge in [-0.3, -0.25) is 0 Å². The van der Waals surface area contributed by atoms with E-state index in [0.717, 1.165) is 25.3 Å². The Hall–Kier alpha value is -1.32. The zero-order chi connectivity index (χ0) is 14.4. The minimum atomic E-state index is 0.316. The summed E-state index contributed by atoms with van der Waals surface area (Å²) in [5.41, 5.74) is 3.83. The molecule has 0 radical (unpaired) electrons. The van der Waals surface area contributed by atoms with Crippen molar-refractivity contribution < 1.29 is 4.74 Å². The summed E-state index contributed by atoms with van der Waals surface area (Å²) in [5.74, 6) is 1.01. The third-order valence-electron chi connectivity index (χ3n) is 3.37. The van der Waals surface area contributed by atoms with E-state index in [1.165, 1.54) is 16.7 Å². The first-order chi connectivity index (χ1) is 9.70. The first-order valence-corrected chi connectivity index (χ1v) is 8.12. The fourth-order valence-electron chi connectivity index (χ4n) is 2.25. The number of rotatable bonds is 7. The minimum Gasteiger partial charge on any atom is -0.493 e. The highest BCUT2D eigenvalue weighted by molar-refractivity contribution is 7.07. The van der Waals surface area contributed by atoms with Gasteiger partial charge in [-0.05, 0) is 54.4 Å². The zero-order valence-corrected chi connectivity index (χ0v) is 13.3. The first-order valence-electron chi connectivity index (χ1n) is 7.18. The highest BCUT2D eigenvalue weighted by Gasteiger charge is 2.11. The summed E-state index contributed by atoms with van der Waals surface area (Å²) < 4.78 is 6.02. The third-order valence-corrected chi connectivity index (χ3v) is 4.11. The molecule has 0 spiro atoms. The Morgan fingerprint density at radius 3 is 2.85 bits per heavy atom. The molecule has 0 saturated carbocycles. The fourth-order valence-corrected chi connectivity index (χ4v) is 2.96. The van der Waals surface area contributed by atoms with E-state index in [1.54, 1.807) is 11.3 Å². The van der Waals surface area contributed by atoms with Crippen LogP contribution in [0.15, 0.2) is 35.0 Å². The standard InChI is InChI=1S/C17H23NOS/c1-4-18-14(3)16-6-5-13(2)11-17(16)19-9-7-15-8-10-20-12-15/h5-6,8,10-12,14,18H,4,7,9H2,1-3H3. The molecule has 2 rings (SSSR count). The van der Waals surface area contributed by atoms with Gasteiger partial charge in [-0.25, -0.2) is 0 Å². The lowest BCUT2D eigenvalue weighted by Crippen LogP contribution is -2.18. The molecule has 1 N–H and O–H groups in total. The Balaban J connectivity index is 2.03. The second kappa shape index (κ2) is 7.46. The van der Waals surface area contributed by atoms with Crippen LogP contribution in [0.2, 0.25) is 0 Å². The van der Waals surface area contributed by atoms with Crippen molar-refractivity contribution in [3.63, 3.8) is 0 Å². The molecule has 1 aromatic heterocycles. The SMILES string of the molecule is CCNC(C)c1ccc(C)cc1OCCc1ccsc1. The molecule has 1 atom stereocenters. The van der Waals surface area contributed by atoms with Crippen molar-refractivity contribution in [2.45, 2.75) is 33.2 Å². The molecule has 0 saturated heterocycles. The number of thiophene rings is 1. The number of nitrogens with one attached hydrogen (secondary N) is 1. The van der Waals surface area contributed by atoms with Gasteiger partial charge < -0.3 is 10.1 Å². The number of ether oxygens (including phenoxy) is 1. The summed E-state index contributed by atoms with van der Waals surface area (Å²) >= 11 is 1.74. The Kier molecular flexibility index (Phi) is 5.62. The molecule has 0 aliphatic heterocycles. The van der Waals surface area contributed by atoms with Crippen LogP contribution in [-0.4, -0.2) is 13.2 Å². The summed E-state index contributed by atoms with van der Waals surface area (Å²) in [4.78, 5) is 0. The van der Waals surface area contributed by atoms with E-state index in [0.29, 0.717) is 6.04 Å². The van der Waals surface area contributed by atoms with Gasteiger partial charge in [-0.15, -0.1) is 0 Å². The zero-order valence-electron chi connectivity index (χ0n) is 12.5. The lowest BCUT2D eigenvalue weighted by atomic mass is 10.0. The van der Waals surface area contributed by atoms with Crippen LogP contribution in [0, 0.1) is 6.92 Å². The molecule has 2 aromatic rings. The van der Waals surface area contributed by atoms with Crippen molar-refractivity contribution in [3.8, 4) is 5.75 Å². The Morgan fingerprint density at radius 1 is 1.30 bits per heavy atom. The van der Waals surface area contributed by atoms with Crippen molar-refractivity contribution in [2.24, 2.45) is 0 Å². The van der Waals surface area contributed by atoms with Crippen LogP contribution in [0.3, 0.4) is 0 Å². The molecule has 0 aliphatic rings. The van der Waals surface area contributed by atoms with Crippen LogP contribution in [0.5, 0.6) is 5.75 Å². The van der Waals surface area contributed by atoms with Gasteiger partial charge in [0, 0.05) is 18.0 Å². The third kappa shape index (κ3) is 4.09. The quantitative estimate of drug-likeness (QED) is 0.818. The van der Waals surface area contributed by atoms with Crippen molar-refractivity contribution in [2.75, 3.05) is 13.2 Å². The Bertz CT molecular complexity index is 522. The van der Waals surface area contributed by atoms with Crippen LogP contribution in [0.25, 0.3) is 0 Å².